The number of benzene rings is 1. The van der Waals surface area contributed by atoms with Gasteiger partial charge in [0.25, 0.3) is 0 Å². The van der Waals surface area contributed by atoms with Crippen LogP contribution in [0.15, 0.2) is 30.3 Å². The zero-order valence-electron chi connectivity index (χ0n) is 14.8. The van der Waals surface area contributed by atoms with E-state index in [1.165, 1.54) is 5.69 Å². The number of rotatable bonds is 4. The van der Waals surface area contributed by atoms with Gasteiger partial charge in [0.05, 0.1) is 5.69 Å². The first-order valence-corrected chi connectivity index (χ1v) is 9.17. The molecule has 6 heteroatoms. The van der Waals surface area contributed by atoms with Gasteiger partial charge >= 0.3 is 6.03 Å². The summed E-state index contributed by atoms with van der Waals surface area (Å²) < 4.78 is 2.09. The highest BCUT2D eigenvalue weighted by Crippen LogP contribution is 2.20. The lowest BCUT2D eigenvalue weighted by molar-refractivity contribution is 0.163. The predicted molar refractivity (Wildman–Crippen MR) is 99.7 cm³/mol. The molecule has 1 N–H and O–H groups in total. The number of carbonyl (C=O) groups is 1. The molecule has 0 bridgehead atoms. The first kappa shape index (κ1) is 17.8. The lowest BCUT2D eigenvalue weighted by Gasteiger charge is -2.32. The fraction of sp³-hybridized carbons (Fsp3) is 0.474. The fourth-order valence-electron chi connectivity index (χ4n) is 3.31. The van der Waals surface area contributed by atoms with Gasteiger partial charge in [-0.1, -0.05) is 23.7 Å². The minimum atomic E-state index is 0.0134. The first-order chi connectivity index (χ1) is 12.0. The van der Waals surface area contributed by atoms with E-state index >= 15 is 0 Å². The fourth-order valence-corrected chi connectivity index (χ4v) is 3.44. The van der Waals surface area contributed by atoms with Crippen molar-refractivity contribution in [2.45, 2.75) is 39.8 Å². The van der Waals surface area contributed by atoms with Gasteiger partial charge in [-0.15, -0.1) is 0 Å². The van der Waals surface area contributed by atoms with Crippen LogP contribution in [-0.4, -0.2) is 33.8 Å². The van der Waals surface area contributed by atoms with E-state index in [1.54, 1.807) is 0 Å². The van der Waals surface area contributed by atoms with E-state index in [1.807, 2.05) is 36.1 Å². The summed E-state index contributed by atoms with van der Waals surface area (Å²) in [6.07, 6.45) is 2.04. The first-order valence-electron chi connectivity index (χ1n) is 8.79. The molecule has 0 atom stereocenters. The Bertz CT molecular complexity index is 718. The lowest BCUT2D eigenvalue weighted by Crippen LogP contribution is -2.44. The maximum Gasteiger partial charge on any atom is 0.317 e. The average molecular weight is 361 g/mol. The molecule has 5 nitrogen and oxygen atoms in total. The molecule has 1 aromatic carbocycles. The Balaban J connectivity index is 1.44. The van der Waals surface area contributed by atoms with Gasteiger partial charge < -0.3 is 10.2 Å². The molecule has 1 saturated heterocycles. The molecule has 1 fully saturated rings. The molecule has 3 rings (SSSR count). The number of carbonyl (C=O) groups excluding carboxylic acids is 1. The molecule has 2 heterocycles. The summed E-state index contributed by atoms with van der Waals surface area (Å²) in [5.74, 6) is 0.582. The highest BCUT2D eigenvalue weighted by Gasteiger charge is 2.23. The molecule has 1 aliphatic heterocycles. The van der Waals surface area contributed by atoms with Gasteiger partial charge in [-0.2, -0.15) is 5.10 Å². The highest BCUT2D eigenvalue weighted by molar-refractivity contribution is 6.30. The number of halogens is 1. The van der Waals surface area contributed by atoms with E-state index in [0.717, 1.165) is 43.7 Å². The van der Waals surface area contributed by atoms with Crippen molar-refractivity contribution in [2.75, 3.05) is 13.1 Å². The summed E-state index contributed by atoms with van der Waals surface area (Å²) in [7, 11) is 0. The summed E-state index contributed by atoms with van der Waals surface area (Å²) in [5.41, 5.74) is 3.33. The van der Waals surface area contributed by atoms with Crippen LogP contribution in [0.2, 0.25) is 5.02 Å². The molecule has 0 radical (unpaired) electrons. The molecule has 0 saturated carbocycles. The van der Waals surface area contributed by atoms with Gasteiger partial charge in [0.1, 0.15) is 0 Å². The van der Waals surface area contributed by atoms with E-state index < -0.39 is 0 Å². The Morgan fingerprint density at radius 3 is 2.52 bits per heavy atom. The van der Waals surface area contributed by atoms with Crippen molar-refractivity contribution in [3.8, 4) is 0 Å². The van der Waals surface area contributed by atoms with E-state index in [-0.39, 0.29) is 6.03 Å². The van der Waals surface area contributed by atoms with E-state index in [2.05, 4.69) is 28.1 Å². The number of urea groups is 1. The Kier molecular flexibility index (Phi) is 5.63. The zero-order valence-corrected chi connectivity index (χ0v) is 15.6. The SMILES string of the molecule is Cc1cc(C)n(CC2CCN(C(=O)NCc3ccc(Cl)cc3)CC2)n1. The van der Waals surface area contributed by atoms with E-state index in [0.29, 0.717) is 17.5 Å². The number of nitrogens with one attached hydrogen (secondary N) is 1. The van der Waals surface area contributed by atoms with Crippen molar-refractivity contribution in [3.05, 3.63) is 52.3 Å². The third-order valence-corrected chi connectivity index (χ3v) is 5.05. The van der Waals surface area contributed by atoms with Crippen molar-refractivity contribution in [2.24, 2.45) is 5.92 Å². The second-order valence-electron chi connectivity index (χ2n) is 6.82. The number of aromatic nitrogens is 2. The van der Waals surface area contributed by atoms with E-state index in [9.17, 15) is 4.79 Å². The minimum absolute atomic E-state index is 0.0134. The van der Waals surface area contributed by atoms with Crippen molar-refractivity contribution in [1.82, 2.24) is 20.0 Å². The van der Waals surface area contributed by atoms with E-state index in [4.69, 9.17) is 11.6 Å². The van der Waals surface area contributed by atoms with Gasteiger partial charge in [-0.3, -0.25) is 4.68 Å². The Morgan fingerprint density at radius 1 is 1.24 bits per heavy atom. The quantitative estimate of drug-likeness (QED) is 0.902. The second kappa shape index (κ2) is 7.91. The second-order valence-corrected chi connectivity index (χ2v) is 7.26. The molecule has 2 aromatic rings. The number of piperidine rings is 1. The molecule has 134 valence electrons. The van der Waals surface area contributed by atoms with Gasteiger partial charge in [0, 0.05) is 36.9 Å². The van der Waals surface area contributed by atoms with Crippen LogP contribution >= 0.6 is 11.6 Å². The number of aryl methyl sites for hydroxylation is 2. The lowest BCUT2D eigenvalue weighted by atomic mass is 9.97. The molecule has 0 aliphatic carbocycles. The van der Waals surface area contributed by atoms with Crippen molar-refractivity contribution < 1.29 is 4.79 Å². The maximum absolute atomic E-state index is 12.3. The van der Waals surface area contributed by atoms with Crippen LogP contribution in [0.1, 0.15) is 29.8 Å². The summed E-state index contributed by atoms with van der Waals surface area (Å²) >= 11 is 5.88. The topological polar surface area (TPSA) is 50.2 Å². The monoisotopic (exact) mass is 360 g/mol. The van der Waals surface area contributed by atoms with Crippen LogP contribution in [0.3, 0.4) is 0 Å². The maximum atomic E-state index is 12.3. The van der Waals surface area contributed by atoms with Crippen molar-refractivity contribution >= 4 is 17.6 Å². The van der Waals surface area contributed by atoms with Crippen molar-refractivity contribution in [1.29, 1.82) is 0 Å². The average Bonchev–Trinajstić information content (AvgIpc) is 2.92. The van der Waals surface area contributed by atoms with Gasteiger partial charge in [-0.25, -0.2) is 4.79 Å². The smallest absolute Gasteiger partial charge is 0.317 e. The van der Waals surface area contributed by atoms with Crippen LogP contribution in [0, 0.1) is 19.8 Å². The minimum Gasteiger partial charge on any atom is -0.334 e. The number of nitrogens with zero attached hydrogens (tertiary/aromatic N) is 3. The standard InChI is InChI=1S/C19H25ClN4O/c1-14-11-15(2)24(22-14)13-17-7-9-23(10-8-17)19(25)21-12-16-3-5-18(20)6-4-16/h3-6,11,17H,7-10,12-13H2,1-2H3,(H,21,25). The van der Waals surface area contributed by atoms with Crippen molar-refractivity contribution in [3.63, 3.8) is 0 Å². The summed E-state index contributed by atoms with van der Waals surface area (Å²) in [5, 5.41) is 8.24. The third kappa shape index (κ3) is 4.75. The molecule has 2 amide bonds. The molecule has 0 spiro atoms. The summed E-state index contributed by atoms with van der Waals surface area (Å²) in [4.78, 5) is 14.2. The summed E-state index contributed by atoms with van der Waals surface area (Å²) in [6.45, 7) is 7.20. The molecular formula is C19H25ClN4O. The number of hydrogen-bond donors (Lipinski definition) is 1. The van der Waals surface area contributed by atoms with Gasteiger partial charge in [0.15, 0.2) is 0 Å². The number of amides is 2. The zero-order chi connectivity index (χ0) is 17.8. The Labute approximate surface area is 154 Å². The Hall–Kier alpha value is -2.01. The molecule has 1 aliphatic rings. The predicted octanol–water partition coefficient (Wildman–Crippen LogP) is 3.78. The summed E-state index contributed by atoms with van der Waals surface area (Å²) in [6, 6.07) is 9.67. The van der Waals surface area contributed by atoms with Crippen LogP contribution in [0.25, 0.3) is 0 Å². The van der Waals surface area contributed by atoms with Gasteiger partial charge in [0.2, 0.25) is 0 Å². The normalized spacial score (nSPS) is 15.4. The molecule has 0 unspecified atom stereocenters. The van der Waals surface area contributed by atoms with Crippen LogP contribution in [0.4, 0.5) is 4.79 Å². The molecular weight excluding hydrogens is 336 g/mol. The van der Waals surface area contributed by atoms with Gasteiger partial charge in [-0.05, 0) is 56.4 Å². The largest absolute Gasteiger partial charge is 0.334 e. The Morgan fingerprint density at radius 2 is 1.92 bits per heavy atom. The third-order valence-electron chi connectivity index (χ3n) is 4.79. The number of hydrogen-bond acceptors (Lipinski definition) is 2. The highest BCUT2D eigenvalue weighted by atomic mass is 35.5. The van der Waals surface area contributed by atoms with Crippen LogP contribution < -0.4 is 5.32 Å². The molecule has 1 aromatic heterocycles. The van der Waals surface area contributed by atoms with Crippen LogP contribution in [0.5, 0.6) is 0 Å². The molecule has 25 heavy (non-hydrogen) atoms. The van der Waals surface area contributed by atoms with Crippen LogP contribution in [-0.2, 0) is 13.1 Å². The number of likely N-dealkylation sites (tertiary alicyclic amines) is 1.